The smallest absolute Gasteiger partial charge is 0.477 e. The highest BCUT2D eigenvalue weighted by atomic mass is 16.7. The van der Waals surface area contributed by atoms with Gasteiger partial charge in [-0.25, -0.2) is 14.4 Å². The van der Waals surface area contributed by atoms with Gasteiger partial charge in [0.2, 0.25) is 0 Å². The van der Waals surface area contributed by atoms with Crippen LogP contribution in [0.2, 0.25) is 0 Å². The number of ether oxygens (including phenoxy) is 5. The minimum atomic E-state index is -2.13. The summed E-state index contributed by atoms with van der Waals surface area (Å²) in [4.78, 5) is 49.9. The van der Waals surface area contributed by atoms with Gasteiger partial charge in [0.25, 0.3) is 5.72 Å². The average molecular weight is 540 g/mol. The van der Waals surface area contributed by atoms with Crippen molar-refractivity contribution in [3.05, 3.63) is 23.8 Å². The molecule has 1 aromatic rings. The highest BCUT2D eigenvalue weighted by Crippen LogP contribution is 2.33. The van der Waals surface area contributed by atoms with E-state index in [2.05, 4.69) is 5.32 Å². The van der Waals surface area contributed by atoms with Crippen LogP contribution in [-0.4, -0.2) is 53.3 Å². The fourth-order valence-electron chi connectivity index (χ4n) is 2.96. The monoisotopic (exact) mass is 539 g/mol. The zero-order chi connectivity index (χ0) is 29.3. The van der Waals surface area contributed by atoms with Crippen LogP contribution in [0.3, 0.4) is 0 Å². The fraction of sp³-hybridized carbons (Fsp3) is 0.630. The van der Waals surface area contributed by atoms with Gasteiger partial charge in [0.15, 0.2) is 11.5 Å². The molecule has 0 fully saturated rings. The summed E-state index contributed by atoms with van der Waals surface area (Å²) in [5.74, 6) is -2.45. The Hall–Kier alpha value is -3.34. The van der Waals surface area contributed by atoms with Crippen LogP contribution in [0.1, 0.15) is 80.7 Å². The van der Waals surface area contributed by atoms with E-state index in [9.17, 15) is 24.3 Å². The van der Waals surface area contributed by atoms with Crippen LogP contribution in [0.5, 0.6) is 11.5 Å². The summed E-state index contributed by atoms with van der Waals surface area (Å²) < 4.78 is 26.1. The summed E-state index contributed by atoms with van der Waals surface area (Å²) in [6, 6.07) is 3.78. The quantitative estimate of drug-likeness (QED) is 0.147. The summed E-state index contributed by atoms with van der Waals surface area (Å²) >= 11 is 0. The van der Waals surface area contributed by atoms with E-state index < -0.39 is 47.6 Å². The second-order valence-corrected chi connectivity index (χ2v) is 10.2. The lowest BCUT2D eigenvalue weighted by Gasteiger charge is -2.35. The Balaban J connectivity index is 3.52. The molecule has 0 saturated heterocycles. The number of carboxylic acid groups (broad SMARTS) is 1. The molecule has 38 heavy (non-hydrogen) atoms. The maximum atomic E-state index is 13.0. The molecule has 0 spiro atoms. The number of aliphatic carboxylic acids is 1. The topological polar surface area (TPSA) is 147 Å². The number of rotatable bonds is 13. The zero-order valence-corrected chi connectivity index (χ0v) is 23.7. The van der Waals surface area contributed by atoms with Crippen molar-refractivity contribution < 1.29 is 48.0 Å². The normalized spacial score (nSPS) is 13.9. The van der Waals surface area contributed by atoms with E-state index in [1.165, 1.54) is 18.2 Å². The van der Waals surface area contributed by atoms with Gasteiger partial charge in [-0.3, -0.25) is 10.1 Å². The molecule has 1 aromatic carbocycles. The summed E-state index contributed by atoms with van der Waals surface area (Å²) in [5.41, 5.74) is -2.75. The maximum Gasteiger partial charge on any atom is 0.514 e. The van der Waals surface area contributed by atoms with Gasteiger partial charge >= 0.3 is 24.2 Å². The molecule has 0 heterocycles. The third-order valence-electron chi connectivity index (χ3n) is 5.65. The number of esters is 1. The minimum absolute atomic E-state index is 0.153. The first-order valence-corrected chi connectivity index (χ1v) is 12.7. The van der Waals surface area contributed by atoms with Crippen molar-refractivity contribution in [2.45, 2.75) is 106 Å². The molecule has 11 nitrogen and oxygen atoms in total. The fourth-order valence-corrected chi connectivity index (χ4v) is 2.96. The highest BCUT2D eigenvalue weighted by Gasteiger charge is 2.46. The molecular formula is C27H41NO10. The molecule has 0 aromatic heterocycles. The Kier molecular flexibility index (Phi) is 12.0. The molecule has 1 rings (SSSR count). The van der Waals surface area contributed by atoms with Crippen LogP contribution < -0.4 is 14.8 Å². The second-order valence-electron chi connectivity index (χ2n) is 10.2. The molecule has 0 aliphatic carbocycles. The molecule has 0 radical (unpaired) electrons. The van der Waals surface area contributed by atoms with Crippen LogP contribution in [0.15, 0.2) is 18.2 Å². The van der Waals surface area contributed by atoms with Crippen LogP contribution in [0.4, 0.5) is 9.59 Å². The van der Waals surface area contributed by atoms with E-state index in [-0.39, 0.29) is 24.0 Å². The number of benzene rings is 1. The van der Waals surface area contributed by atoms with Gasteiger partial charge < -0.3 is 28.8 Å². The van der Waals surface area contributed by atoms with E-state index >= 15 is 0 Å². The average Bonchev–Trinajstić information content (AvgIpc) is 2.79. The molecule has 214 valence electrons. The Morgan fingerprint density at radius 3 is 1.87 bits per heavy atom. The number of hydrogen-bond donors (Lipinski definition) is 2. The number of carbonyl (C=O) groups excluding carboxylic acids is 3. The van der Waals surface area contributed by atoms with E-state index in [4.69, 9.17) is 23.7 Å². The molecular weight excluding hydrogens is 498 g/mol. The van der Waals surface area contributed by atoms with Crippen molar-refractivity contribution in [1.29, 1.82) is 0 Å². The standard InChI is InChI=1S/C27H41NO10/c1-10-18(7)28-27(22(29)30,38-23(31)26(8,9)11-2)15-19-12-13-20(36-24(32)34-16(3)4)21(14-19)37-25(33)35-17(5)6/h12-14,16-18,28H,10-11,15H2,1-9H3,(H,29,30)/t18?,27-/m0/s1. The van der Waals surface area contributed by atoms with Gasteiger partial charge in [-0.15, -0.1) is 0 Å². The summed E-state index contributed by atoms with van der Waals surface area (Å²) in [5, 5.41) is 13.2. The lowest BCUT2D eigenvalue weighted by molar-refractivity contribution is -0.191. The predicted octanol–water partition coefficient (Wildman–Crippen LogP) is 5.23. The molecule has 1 unspecified atom stereocenters. The summed E-state index contributed by atoms with van der Waals surface area (Å²) in [6.45, 7) is 15.3. The van der Waals surface area contributed by atoms with Crippen molar-refractivity contribution in [2.75, 3.05) is 0 Å². The molecule has 0 saturated carbocycles. The van der Waals surface area contributed by atoms with Crippen molar-refractivity contribution in [3.8, 4) is 11.5 Å². The van der Waals surface area contributed by atoms with E-state index in [0.717, 1.165) is 0 Å². The SMILES string of the molecule is CCC(C)N[C@@](Cc1ccc(OC(=O)OC(C)C)c(OC(=O)OC(C)C)c1)(OC(=O)C(C)(C)CC)C(=O)O. The lowest BCUT2D eigenvalue weighted by Crippen LogP contribution is -2.60. The van der Waals surface area contributed by atoms with Gasteiger partial charge in [0, 0.05) is 12.5 Å². The van der Waals surface area contributed by atoms with Crippen LogP contribution in [0.25, 0.3) is 0 Å². The molecule has 2 N–H and O–H groups in total. The first-order valence-electron chi connectivity index (χ1n) is 12.7. The highest BCUT2D eigenvalue weighted by molar-refractivity contribution is 5.84. The number of carbonyl (C=O) groups is 4. The van der Waals surface area contributed by atoms with Crippen molar-refractivity contribution in [1.82, 2.24) is 5.32 Å². The minimum Gasteiger partial charge on any atom is -0.477 e. The molecule has 2 atom stereocenters. The summed E-state index contributed by atoms with van der Waals surface area (Å²) in [7, 11) is 0. The van der Waals surface area contributed by atoms with Crippen molar-refractivity contribution in [2.24, 2.45) is 5.41 Å². The van der Waals surface area contributed by atoms with Gasteiger partial charge in [-0.2, -0.15) is 0 Å². The third kappa shape index (κ3) is 9.85. The molecule has 11 heteroatoms. The Bertz CT molecular complexity index is 988. The lowest BCUT2D eigenvalue weighted by atomic mass is 9.90. The zero-order valence-electron chi connectivity index (χ0n) is 23.7. The number of hydrogen-bond acceptors (Lipinski definition) is 10. The van der Waals surface area contributed by atoms with Crippen molar-refractivity contribution in [3.63, 3.8) is 0 Å². The molecule has 0 aliphatic rings. The first kappa shape index (κ1) is 32.7. The summed E-state index contributed by atoms with van der Waals surface area (Å²) in [6.07, 6.45) is -2.36. The van der Waals surface area contributed by atoms with E-state index in [1.807, 2.05) is 6.92 Å². The molecule has 0 amide bonds. The number of carboxylic acids is 1. The maximum absolute atomic E-state index is 13.0. The molecule has 0 aliphatic heterocycles. The van der Waals surface area contributed by atoms with Crippen LogP contribution in [0, 0.1) is 5.41 Å². The third-order valence-corrected chi connectivity index (χ3v) is 5.65. The van der Waals surface area contributed by atoms with Gasteiger partial charge in [-0.05, 0) is 79.0 Å². The number of nitrogens with one attached hydrogen (secondary N) is 1. The van der Waals surface area contributed by atoms with Crippen LogP contribution in [-0.2, 0) is 30.2 Å². The predicted molar refractivity (Wildman–Crippen MR) is 138 cm³/mol. The first-order chi connectivity index (χ1) is 17.5. The van der Waals surface area contributed by atoms with Gasteiger partial charge in [-0.1, -0.05) is 19.9 Å². The molecule has 0 bridgehead atoms. The van der Waals surface area contributed by atoms with E-state index in [0.29, 0.717) is 18.4 Å². The van der Waals surface area contributed by atoms with E-state index in [1.54, 1.807) is 55.4 Å². The van der Waals surface area contributed by atoms with Gasteiger partial charge in [0.1, 0.15) is 0 Å². The van der Waals surface area contributed by atoms with Gasteiger partial charge in [0.05, 0.1) is 17.6 Å². The Morgan fingerprint density at radius 2 is 1.42 bits per heavy atom. The van der Waals surface area contributed by atoms with Crippen LogP contribution >= 0.6 is 0 Å². The second kappa shape index (κ2) is 14.0. The largest absolute Gasteiger partial charge is 0.514 e. The Labute approximate surface area is 224 Å². The van der Waals surface area contributed by atoms with Crippen molar-refractivity contribution >= 4 is 24.2 Å². The Morgan fingerprint density at radius 1 is 0.895 bits per heavy atom.